The summed E-state index contributed by atoms with van der Waals surface area (Å²) in [5, 5.41) is 7.02. The van der Waals surface area contributed by atoms with Crippen LogP contribution in [-0.2, 0) is 9.47 Å². The van der Waals surface area contributed by atoms with Gasteiger partial charge < -0.3 is 29.9 Å². The fourth-order valence-corrected chi connectivity index (χ4v) is 6.16. The van der Waals surface area contributed by atoms with Gasteiger partial charge in [0.1, 0.15) is 11.2 Å². The predicted molar refractivity (Wildman–Crippen MR) is 194 cm³/mol. The van der Waals surface area contributed by atoms with Gasteiger partial charge in [-0.25, -0.2) is 9.59 Å². The number of amides is 2. The second kappa shape index (κ2) is 25.1. The molecule has 2 N–H and O–H groups in total. The monoisotopic (exact) mass is 651 g/mol. The quantitative estimate of drug-likeness (QED) is 0.296. The van der Waals surface area contributed by atoms with Gasteiger partial charge in [-0.15, -0.1) is 12.8 Å². The van der Waals surface area contributed by atoms with Crippen LogP contribution in [-0.4, -0.2) is 85.0 Å². The van der Waals surface area contributed by atoms with Crippen LogP contribution in [0.5, 0.6) is 0 Å². The molecule has 4 aliphatic rings. The van der Waals surface area contributed by atoms with Crippen LogP contribution < -0.4 is 10.6 Å². The lowest BCUT2D eigenvalue weighted by Gasteiger charge is -2.35. The number of piperidine rings is 2. The van der Waals surface area contributed by atoms with Crippen molar-refractivity contribution in [2.45, 2.75) is 175 Å². The van der Waals surface area contributed by atoms with Crippen LogP contribution in [0.2, 0.25) is 0 Å². The zero-order chi connectivity index (χ0) is 35.0. The molecule has 8 heteroatoms. The summed E-state index contributed by atoms with van der Waals surface area (Å²) < 4.78 is 10.8. The Morgan fingerprint density at radius 2 is 1.04 bits per heavy atom. The molecule has 0 spiro atoms. The summed E-state index contributed by atoms with van der Waals surface area (Å²) in [5.74, 6) is 0.577. The van der Waals surface area contributed by atoms with Gasteiger partial charge in [-0.1, -0.05) is 52.4 Å². The molecule has 2 saturated carbocycles. The van der Waals surface area contributed by atoms with E-state index in [0.717, 1.165) is 58.0 Å². The van der Waals surface area contributed by atoms with Crippen LogP contribution in [0.15, 0.2) is 0 Å². The topological polar surface area (TPSA) is 83.1 Å². The smallest absolute Gasteiger partial charge is 0.410 e. The van der Waals surface area contributed by atoms with E-state index < -0.39 is 5.60 Å². The van der Waals surface area contributed by atoms with E-state index in [4.69, 9.17) is 9.47 Å². The molecule has 4 rings (SSSR count). The van der Waals surface area contributed by atoms with Crippen LogP contribution in [0.25, 0.3) is 0 Å². The Morgan fingerprint density at radius 1 is 0.630 bits per heavy atom. The number of likely N-dealkylation sites (tertiary alicyclic amines) is 2. The summed E-state index contributed by atoms with van der Waals surface area (Å²) in [5.41, 5.74) is -0.765. The van der Waals surface area contributed by atoms with Gasteiger partial charge >= 0.3 is 12.2 Å². The van der Waals surface area contributed by atoms with Crippen LogP contribution in [0.1, 0.15) is 152 Å². The van der Waals surface area contributed by atoms with Crippen molar-refractivity contribution in [3.05, 3.63) is 0 Å². The molecule has 0 radical (unpaired) electrons. The van der Waals surface area contributed by atoms with Crippen LogP contribution >= 0.6 is 0 Å². The maximum Gasteiger partial charge on any atom is 0.410 e. The summed E-state index contributed by atoms with van der Waals surface area (Å²) in [6.45, 7) is 19.9. The van der Waals surface area contributed by atoms with E-state index in [1.807, 2.05) is 60.3 Å². The van der Waals surface area contributed by atoms with Gasteiger partial charge in [0.05, 0.1) is 0 Å². The largest absolute Gasteiger partial charge is 0.444 e. The second-order valence-electron chi connectivity index (χ2n) is 14.8. The van der Waals surface area contributed by atoms with Crippen molar-refractivity contribution in [2.75, 3.05) is 39.8 Å². The summed E-state index contributed by atoms with van der Waals surface area (Å²) >= 11 is 0. The van der Waals surface area contributed by atoms with Crippen LogP contribution in [0.4, 0.5) is 9.59 Å². The van der Waals surface area contributed by atoms with Crippen molar-refractivity contribution in [1.82, 2.24) is 20.4 Å². The van der Waals surface area contributed by atoms with Crippen molar-refractivity contribution < 1.29 is 19.1 Å². The molecule has 2 aliphatic heterocycles. The Hall–Kier alpha value is -1.98. The molecule has 0 aromatic heterocycles. The van der Waals surface area contributed by atoms with E-state index in [-0.39, 0.29) is 17.8 Å². The van der Waals surface area contributed by atoms with Gasteiger partial charge in [0.2, 0.25) is 0 Å². The highest BCUT2D eigenvalue weighted by molar-refractivity contribution is 5.68. The SMILES string of the molecule is C#C.CC.CC(C)(C)OC(=O)N1CCCCC1.CC(C)(C)OC(=O)N1CCC[C@H](CNC2CCCCC2)C1.CNC1CCCCC1. The number of nitrogens with zero attached hydrogens (tertiary/aromatic N) is 2. The van der Waals surface area contributed by atoms with Crippen molar-refractivity contribution in [3.63, 3.8) is 0 Å². The minimum absolute atomic E-state index is 0.148. The highest BCUT2D eigenvalue weighted by atomic mass is 16.6. The van der Waals surface area contributed by atoms with Crippen molar-refractivity contribution >= 4 is 12.2 Å². The van der Waals surface area contributed by atoms with E-state index in [1.54, 1.807) is 4.90 Å². The molecule has 0 aromatic carbocycles. The lowest BCUT2D eigenvalue weighted by molar-refractivity contribution is 0.0163. The lowest BCUT2D eigenvalue weighted by Crippen LogP contribution is -2.46. The minimum Gasteiger partial charge on any atom is -0.444 e. The third-order valence-corrected chi connectivity index (χ3v) is 8.49. The maximum absolute atomic E-state index is 12.1. The van der Waals surface area contributed by atoms with E-state index in [9.17, 15) is 9.59 Å². The number of hydrogen-bond donors (Lipinski definition) is 2. The molecule has 2 heterocycles. The van der Waals surface area contributed by atoms with Gasteiger partial charge in [0.15, 0.2) is 0 Å². The minimum atomic E-state index is -0.398. The number of carbonyl (C=O) groups excluding carboxylic acids is 2. The normalized spacial score (nSPS) is 20.9. The van der Waals surface area contributed by atoms with Crippen molar-refractivity contribution in [3.8, 4) is 12.8 Å². The summed E-state index contributed by atoms with van der Waals surface area (Å²) in [4.78, 5) is 27.4. The van der Waals surface area contributed by atoms with Gasteiger partial charge in [-0.05, 0) is 119 Å². The number of terminal acetylenes is 1. The fourth-order valence-electron chi connectivity index (χ4n) is 6.16. The molecule has 8 nitrogen and oxygen atoms in total. The van der Waals surface area contributed by atoms with Gasteiger partial charge in [0.25, 0.3) is 0 Å². The van der Waals surface area contributed by atoms with E-state index in [1.165, 1.54) is 77.0 Å². The molecule has 46 heavy (non-hydrogen) atoms. The molecule has 0 bridgehead atoms. The molecule has 270 valence electrons. The highest BCUT2D eigenvalue weighted by Crippen LogP contribution is 2.22. The number of carbonyl (C=O) groups is 2. The maximum atomic E-state index is 12.1. The van der Waals surface area contributed by atoms with E-state index in [2.05, 4.69) is 30.5 Å². The predicted octanol–water partition coefficient (Wildman–Crippen LogP) is 8.78. The zero-order valence-corrected chi connectivity index (χ0v) is 31.6. The van der Waals surface area contributed by atoms with Crippen LogP contribution in [0.3, 0.4) is 0 Å². The summed E-state index contributed by atoms with van der Waals surface area (Å²) in [7, 11) is 2.07. The third-order valence-electron chi connectivity index (χ3n) is 8.49. The highest BCUT2D eigenvalue weighted by Gasteiger charge is 2.28. The Bertz CT molecular complexity index is 787. The standard InChI is InChI=1S/C17H32N2O2.C10H19NO2.C7H15N.C2H6.C2H2/c1-17(2,3)21-16(20)19-11-7-8-14(13-19)12-18-15-9-5-4-6-10-15;1-10(2,3)13-9(12)11-7-5-4-6-8-11;1-8-7-5-3-2-4-6-7;2*1-2/h14-15,18H,4-13H2,1-3H3;4-8H2,1-3H3;7-8H,2-6H2,1H3;1-2H3;1-2H/t14-;;;;/m1..../s1. The Kier molecular flexibility index (Phi) is 24.0. The lowest BCUT2D eigenvalue weighted by atomic mass is 9.93. The molecule has 2 saturated heterocycles. The zero-order valence-electron chi connectivity index (χ0n) is 31.6. The molecule has 0 aromatic rings. The number of ether oxygens (including phenoxy) is 2. The Balaban J connectivity index is 0.000000688. The number of rotatable bonds is 4. The third kappa shape index (κ3) is 21.7. The Morgan fingerprint density at radius 3 is 1.48 bits per heavy atom. The summed E-state index contributed by atoms with van der Waals surface area (Å²) in [6.07, 6.45) is 27.4. The first-order valence-corrected chi connectivity index (χ1v) is 18.6. The van der Waals surface area contributed by atoms with E-state index in [0.29, 0.717) is 12.0 Å². The fraction of sp³-hybridized carbons (Fsp3) is 0.895. The first-order valence-electron chi connectivity index (χ1n) is 18.6. The number of nitrogens with one attached hydrogen (secondary N) is 2. The summed E-state index contributed by atoms with van der Waals surface area (Å²) in [6, 6.07) is 1.54. The van der Waals surface area contributed by atoms with Gasteiger partial charge in [0, 0.05) is 38.3 Å². The van der Waals surface area contributed by atoms with Crippen LogP contribution in [0, 0.1) is 18.8 Å². The molecule has 4 fully saturated rings. The molecule has 2 amide bonds. The molecular weight excluding hydrogens is 576 g/mol. The van der Waals surface area contributed by atoms with E-state index >= 15 is 0 Å². The van der Waals surface area contributed by atoms with Crippen molar-refractivity contribution in [2.24, 2.45) is 5.92 Å². The molecule has 2 aliphatic carbocycles. The Labute approximate surface area is 284 Å². The second-order valence-corrected chi connectivity index (χ2v) is 14.8. The molecule has 0 unspecified atom stereocenters. The first kappa shape index (κ1) is 44.0. The average molecular weight is 651 g/mol. The first-order chi connectivity index (χ1) is 21.9. The van der Waals surface area contributed by atoms with Gasteiger partial charge in [-0.3, -0.25) is 0 Å². The van der Waals surface area contributed by atoms with Crippen molar-refractivity contribution in [1.29, 1.82) is 0 Å². The van der Waals surface area contributed by atoms with Gasteiger partial charge in [-0.2, -0.15) is 0 Å². The molecule has 1 atom stereocenters. The molecular formula is C38H74N4O4. The average Bonchev–Trinajstić information content (AvgIpc) is 3.06. The number of hydrogen-bond acceptors (Lipinski definition) is 6.